The van der Waals surface area contributed by atoms with Crippen molar-refractivity contribution in [1.82, 2.24) is 0 Å². The summed E-state index contributed by atoms with van der Waals surface area (Å²) in [4.78, 5) is 0. The van der Waals surface area contributed by atoms with E-state index in [2.05, 4.69) is 68.4 Å². The molecule has 0 fully saturated rings. The second kappa shape index (κ2) is 8.61. The number of rotatable bonds is 7. The third-order valence-electron chi connectivity index (χ3n) is 4.20. The van der Waals surface area contributed by atoms with Gasteiger partial charge in [-0.25, -0.2) is 0 Å². The van der Waals surface area contributed by atoms with Crippen LogP contribution in [0.4, 0.5) is 0 Å². The third-order valence-corrected chi connectivity index (χ3v) is 4.20. The molecule has 2 nitrogen and oxygen atoms in total. The lowest BCUT2D eigenvalue weighted by Crippen LogP contribution is -2.08. The van der Waals surface area contributed by atoms with Gasteiger partial charge in [0, 0.05) is 11.6 Å². The standard InChI is InChI=1S/C21H30N2/c1-14(2)18(7)22-23-19(8)16(5)12-17(6)21-11-9-10-20(13-21)15(3)4/h9-11,13,15-16H,1,6,12H2,2-5,7-8H3/b22-18+,23-19+. The quantitative estimate of drug-likeness (QED) is 0.419. The van der Waals surface area contributed by atoms with Crippen LogP contribution >= 0.6 is 0 Å². The van der Waals surface area contributed by atoms with Crippen LogP contribution in [0.5, 0.6) is 0 Å². The van der Waals surface area contributed by atoms with E-state index < -0.39 is 0 Å². The lowest BCUT2D eigenvalue weighted by atomic mass is 9.91. The Hall–Kier alpha value is -1.96. The summed E-state index contributed by atoms with van der Waals surface area (Å²) in [6.45, 7) is 20.6. The Balaban J connectivity index is 2.80. The normalized spacial score (nSPS) is 14.0. The molecule has 1 aromatic carbocycles. The molecule has 0 spiro atoms. The fraction of sp³-hybridized carbons (Fsp3) is 0.429. The molecule has 1 aromatic rings. The predicted octanol–water partition coefficient (Wildman–Crippen LogP) is 6.26. The van der Waals surface area contributed by atoms with Gasteiger partial charge in [0.25, 0.3) is 0 Å². The zero-order valence-corrected chi connectivity index (χ0v) is 15.5. The average molecular weight is 310 g/mol. The van der Waals surface area contributed by atoms with Crippen LogP contribution in [-0.2, 0) is 0 Å². The minimum atomic E-state index is 0.312. The van der Waals surface area contributed by atoms with Crippen molar-refractivity contribution in [3.8, 4) is 0 Å². The van der Waals surface area contributed by atoms with Crippen molar-refractivity contribution in [3.05, 3.63) is 54.1 Å². The van der Waals surface area contributed by atoms with E-state index in [4.69, 9.17) is 0 Å². The molecule has 1 rings (SSSR count). The van der Waals surface area contributed by atoms with Crippen LogP contribution in [0.1, 0.15) is 65.0 Å². The third kappa shape index (κ3) is 5.97. The van der Waals surface area contributed by atoms with Gasteiger partial charge in [0.15, 0.2) is 0 Å². The number of benzene rings is 1. The van der Waals surface area contributed by atoms with E-state index >= 15 is 0 Å². The van der Waals surface area contributed by atoms with Crippen molar-refractivity contribution in [2.24, 2.45) is 16.1 Å². The van der Waals surface area contributed by atoms with Crippen LogP contribution in [-0.4, -0.2) is 11.4 Å². The smallest absolute Gasteiger partial charge is 0.0622 e. The summed E-state index contributed by atoms with van der Waals surface area (Å²) in [5.41, 5.74) is 6.56. The Morgan fingerprint density at radius 3 is 2.26 bits per heavy atom. The second-order valence-electron chi connectivity index (χ2n) is 6.70. The van der Waals surface area contributed by atoms with Crippen molar-refractivity contribution in [2.45, 2.75) is 53.9 Å². The van der Waals surface area contributed by atoms with Crippen LogP contribution in [0.3, 0.4) is 0 Å². The van der Waals surface area contributed by atoms with Crippen molar-refractivity contribution < 1.29 is 0 Å². The van der Waals surface area contributed by atoms with E-state index in [1.807, 2.05) is 20.8 Å². The van der Waals surface area contributed by atoms with Gasteiger partial charge in [-0.1, -0.05) is 58.2 Å². The maximum atomic E-state index is 4.34. The Morgan fingerprint density at radius 1 is 1.04 bits per heavy atom. The summed E-state index contributed by atoms with van der Waals surface area (Å²) in [6.07, 6.45) is 0.887. The highest BCUT2D eigenvalue weighted by Gasteiger charge is 2.10. The molecule has 0 bridgehead atoms. The van der Waals surface area contributed by atoms with Gasteiger partial charge in [0.05, 0.1) is 5.71 Å². The minimum Gasteiger partial charge on any atom is -0.160 e. The first-order chi connectivity index (χ1) is 10.7. The van der Waals surface area contributed by atoms with Gasteiger partial charge >= 0.3 is 0 Å². The highest BCUT2D eigenvalue weighted by Crippen LogP contribution is 2.25. The fourth-order valence-corrected chi connectivity index (χ4v) is 2.09. The molecule has 0 saturated heterocycles. The lowest BCUT2D eigenvalue weighted by molar-refractivity contribution is 0.792. The highest BCUT2D eigenvalue weighted by atomic mass is 15.2. The van der Waals surface area contributed by atoms with Gasteiger partial charge < -0.3 is 0 Å². The summed E-state index contributed by atoms with van der Waals surface area (Å²) >= 11 is 0. The van der Waals surface area contributed by atoms with Gasteiger partial charge in [0.2, 0.25) is 0 Å². The van der Waals surface area contributed by atoms with Crippen molar-refractivity contribution in [3.63, 3.8) is 0 Å². The largest absolute Gasteiger partial charge is 0.160 e. The minimum absolute atomic E-state index is 0.312. The molecule has 0 aliphatic rings. The molecule has 1 unspecified atom stereocenters. The second-order valence-corrected chi connectivity index (χ2v) is 6.70. The van der Waals surface area contributed by atoms with E-state index in [1.54, 1.807) is 0 Å². The first-order valence-corrected chi connectivity index (χ1v) is 8.25. The summed E-state index contributed by atoms with van der Waals surface area (Å²) in [7, 11) is 0. The molecular weight excluding hydrogens is 280 g/mol. The Morgan fingerprint density at radius 2 is 1.70 bits per heavy atom. The Kier molecular flexibility index (Phi) is 7.15. The highest BCUT2D eigenvalue weighted by molar-refractivity contribution is 5.97. The molecule has 0 radical (unpaired) electrons. The zero-order valence-electron chi connectivity index (χ0n) is 15.5. The van der Waals surface area contributed by atoms with Gasteiger partial charge in [-0.2, -0.15) is 10.2 Å². The number of hydrogen-bond acceptors (Lipinski definition) is 2. The topological polar surface area (TPSA) is 24.7 Å². The van der Waals surface area contributed by atoms with Crippen molar-refractivity contribution in [1.29, 1.82) is 0 Å². The van der Waals surface area contributed by atoms with E-state index in [0.717, 1.165) is 29.0 Å². The molecule has 23 heavy (non-hydrogen) atoms. The molecule has 0 amide bonds. The fourth-order valence-electron chi connectivity index (χ4n) is 2.09. The Bertz CT molecular complexity index is 633. The van der Waals surface area contributed by atoms with Crippen LogP contribution in [0.25, 0.3) is 5.57 Å². The number of nitrogens with zero attached hydrogens (tertiary/aromatic N) is 2. The first kappa shape index (κ1) is 19.1. The zero-order chi connectivity index (χ0) is 17.6. The molecule has 0 saturated carbocycles. The van der Waals surface area contributed by atoms with Crippen molar-refractivity contribution in [2.75, 3.05) is 0 Å². The average Bonchev–Trinajstić information content (AvgIpc) is 2.51. The van der Waals surface area contributed by atoms with E-state index in [0.29, 0.717) is 11.8 Å². The first-order valence-electron chi connectivity index (χ1n) is 8.25. The molecule has 0 aliphatic heterocycles. The van der Waals surface area contributed by atoms with Crippen molar-refractivity contribution >= 4 is 17.0 Å². The molecule has 124 valence electrons. The lowest BCUT2D eigenvalue weighted by Gasteiger charge is -2.14. The van der Waals surface area contributed by atoms with Gasteiger partial charge in [-0.15, -0.1) is 0 Å². The molecule has 0 N–H and O–H groups in total. The summed E-state index contributed by atoms with van der Waals surface area (Å²) in [6, 6.07) is 8.67. The molecule has 1 atom stereocenters. The number of hydrogen-bond donors (Lipinski definition) is 0. The molecule has 0 aliphatic carbocycles. The van der Waals surface area contributed by atoms with Crippen LogP contribution < -0.4 is 0 Å². The van der Waals surface area contributed by atoms with Crippen LogP contribution in [0.2, 0.25) is 0 Å². The van der Waals surface area contributed by atoms with Crippen LogP contribution in [0, 0.1) is 5.92 Å². The van der Waals surface area contributed by atoms with E-state index in [-0.39, 0.29) is 0 Å². The molecule has 0 aromatic heterocycles. The Labute approximate surface area is 141 Å². The SMILES string of the molecule is C=C(C)/C(C)=N/N=C(\C)C(C)CC(=C)c1cccc(C(C)C)c1. The summed E-state index contributed by atoms with van der Waals surface area (Å²) in [5, 5.41) is 8.58. The maximum Gasteiger partial charge on any atom is 0.0622 e. The monoisotopic (exact) mass is 310 g/mol. The molecule has 0 heterocycles. The summed E-state index contributed by atoms with van der Waals surface area (Å²) < 4.78 is 0. The van der Waals surface area contributed by atoms with Gasteiger partial charge in [-0.3, -0.25) is 0 Å². The predicted molar refractivity (Wildman–Crippen MR) is 104 cm³/mol. The maximum absolute atomic E-state index is 4.34. The summed E-state index contributed by atoms with van der Waals surface area (Å²) in [5.74, 6) is 0.842. The molecular formula is C21H30N2. The van der Waals surface area contributed by atoms with Crippen LogP contribution in [0.15, 0.2) is 53.2 Å². The number of allylic oxidation sites excluding steroid dienone is 2. The molecule has 2 heteroatoms. The van der Waals surface area contributed by atoms with Gasteiger partial charge in [0.1, 0.15) is 0 Å². The van der Waals surface area contributed by atoms with E-state index in [9.17, 15) is 0 Å². The van der Waals surface area contributed by atoms with Gasteiger partial charge in [-0.05, 0) is 55.4 Å². The van der Waals surface area contributed by atoms with E-state index in [1.165, 1.54) is 11.1 Å².